The van der Waals surface area contributed by atoms with Gasteiger partial charge in [-0.1, -0.05) is 0 Å². The quantitative estimate of drug-likeness (QED) is 0.752. The summed E-state index contributed by atoms with van der Waals surface area (Å²) in [5.74, 6) is -0.0502. The van der Waals surface area contributed by atoms with Gasteiger partial charge in [-0.25, -0.2) is 4.79 Å². The van der Waals surface area contributed by atoms with Gasteiger partial charge >= 0.3 is 6.09 Å². The SMILES string of the molecule is COC(=O)NC1CCN(C(=O)c2ccc(I)c(O)c2)C1. The molecule has 0 aliphatic carbocycles. The Labute approximate surface area is 130 Å². The Morgan fingerprint density at radius 2 is 2.25 bits per heavy atom. The van der Waals surface area contributed by atoms with Crippen LogP contribution < -0.4 is 5.32 Å². The van der Waals surface area contributed by atoms with Crippen molar-refractivity contribution in [2.75, 3.05) is 20.2 Å². The summed E-state index contributed by atoms with van der Waals surface area (Å²) < 4.78 is 5.23. The number of amides is 2. The van der Waals surface area contributed by atoms with E-state index in [0.29, 0.717) is 28.6 Å². The first-order valence-electron chi connectivity index (χ1n) is 6.13. The van der Waals surface area contributed by atoms with E-state index >= 15 is 0 Å². The Morgan fingerprint density at radius 1 is 1.50 bits per heavy atom. The highest BCUT2D eigenvalue weighted by Gasteiger charge is 2.28. The number of nitrogens with one attached hydrogen (secondary N) is 1. The lowest BCUT2D eigenvalue weighted by Gasteiger charge is -2.17. The van der Waals surface area contributed by atoms with Crippen molar-refractivity contribution in [3.63, 3.8) is 0 Å². The van der Waals surface area contributed by atoms with Crippen LogP contribution in [0.15, 0.2) is 18.2 Å². The van der Waals surface area contributed by atoms with E-state index in [2.05, 4.69) is 10.1 Å². The number of methoxy groups -OCH3 is 1. The molecule has 20 heavy (non-hydrogen) atoms. The fourth-order valence-corrected chi connectivity index (χ4v) is 2.45. The van der Waals surface area contributed by atoms with E-state index in [0.717, 1.165) is 0 Å². The zero-order chi connectivity index (χ0) is 14.7. The molecule has 1 atom stereocenters. The lowest BCUT2D eigenvalue weighted by Crippen LogP contribution is -2.38. The largest absolute Gasteiger partial charge is 0.507 e. The van der Waals surface area contributed by atoms with Gasteiger partial charge in [-0.2, -0.15) is 0 Å². The third kappa shape index (κ3) is 3.33. The molecule has 0 bridgehead atoms. The Kier molecular flexibility index (Phi) is 4.69. The number of likely N-dealkylation sites (tertiary alicyclic amines) is 1. The number of hydrogen-bond donors (Lipinski definition) is 2. The number of phenolic OH excluding ortho intramolecular Hbond substituents is 1. The number of rotatable bonds is 2. The second-order valence-electron chi connectivity index (χ2n) is 4.54. The first kappa shape index (κ1) is 14.9. The topological polar surface area (TPSA) is 78.9 Å². The molecule has 1 aliphatic heterocycles. The molecule has 2 amide bonds. The third-order valence-electron chi connectivity index (χ3n) is 3.18. The second-order valence-corrected chi connectivity index (χ2v) is 5.70. The van der Waals surface area contributed by atoms with Crippen molar-refractivity contribution >= 4 is 34.6 Å². The Balaban J connectivity index is 2.00. The number of aromatic hydroxyl groups is 1. The molecule has 2 N–H and O–H groups in total. The van der Waals surface area contributed by atoms with E-state index in [-0.39, 0.29) is 17.7 Å². The number of carbonyl (C=O) groups is 2. The monoisotopic (exact) mass is 390 g/mol. The average molecular weight is 390 g/mol. The van der Waals surface area contributed by atoms with Crippen LogP contribution in [0.2, 0.25) is 0 Å². The lowest BCUT2D eigenvalue weighted by molar-refractivity contribution is 0.0787. The maximum Gasteiger partial charge on any atom is 0.407 e. The first-order valence-corrected chi connectivity index (χ1v) is 7.21. The maximum absolute atomic E-state index is 12.3. The number of phenols is 1. The Morgan fingerprint density at radius 3 is 2.90 bits per heavy atom. The molecule has 0 spiro atoms. The van der Waals surface area contributed by atoms with Gasteiger partial charge in [0, 0.05) is 18.7 Å². The smallest absolute Gasteiger partial charge is 0.407 e. The van der Waals surface area contributed by atoms with Crippen LogP contribution in [0.3, 0.4) is 0 Å². The number of halogens is 1. The molecule has 0 aromatic heterocycles. The van der Waals surface area contributed by atoms with Gasteiger partial charge in [0.2, 0.25) is 0 Å². The number of nitrogens with zero attached hydrogens (tertiary/aromatic N) is 1. The van der Waals surface area contributed by atoms with Crippen molar-refractivity contribution in [3.8, 4) is 5.75 Å². The summed E-state index contributed by atoms with van der Waals surface area (Å²) in [6, 6.07) is 4.75. The summed E-state index contributed by atoms with van der Waals surface area (Å²) >= 11 is 2.00. The van der Waals surface area contributed by atoms with Crippen molar-refractivity contribution < 1.29 is 19.4 Å². The van der Waals surface area contributed by atoms with E-state index < -0.39 is 6.09 Å². The molecule has 1 aliphatic rings. The lowest BCUT2D eigenvalue weighted by atomic mass is 10.2. The predicted octanol–water partition coefficient (Wildman–Crippen LogP) is 1.57. The average Bonchev–Trinajstić information content (AvgIpc) is 2.89. The Hall–Kier alpha value is -1.51. The summed E-state index contributed by atoms with van der Waals surface area (Å²) in [7, 11) is 1.31. The molecule has 0 saturated carbocycles. The van der Waals surface area contributed by atoms with Gasteiger partial charge < -0.3 is 20.1 Å². The fraction of sp³-hybridized carbons (Fsp3) is 0.385. The molecule has 1 heterocycles. The minimum absolute atomic E-state index is 0.0937. The molecule has 1 unspecified atom stereocenters. The molecule has 1 aromatic carbocycles. The Bertz CT molecular complexity index is 535. The van der Waals surface area contributed by atoms with E-state index in [1.54, 1.807) is 17.0 Å². The fourth-order valence-electron chi connectivity index (χ4n) is 2.12. The molecule has 7 heteroatoms. The second kappa shape index (κ2) is 6.29. The van der Waals surface area contributed by atoms with Gasteiger partial charge in [-0.3, -0.25) is 4.79 Å². The summed E-state index contributed by atoms with van der Waals surface area (Å²) in [5.41, 5.74) is 0.446. The van der Waals surface area contributed by atoms with Gasteiger partial charge in [0.15, 0.2) is 0 Å². The number of ether oxygens (including phenoxy) is 1. The summed E-state index contributed by atoms with van der Waals surface area (Å²) in [6.45, 7) is 1.01. The van der Waals surface area contributed by atoms with Crippen molar-refractivity contribution in [2.24, 2.45) is 0 Å². The predicted molar refractivity (Wildman–Crippen MR) is 80.7 cm³/mol. The van der Waals surface area contributed by atoms with Crippen molar-refractivity contribution in [1.82, 2.24) is 10.2 Å². The van der Waals surface area contributed by atoms with Gasteiger partial charge in [0.05, 0.1) is 16.7 Å². The first-order chi connectivity index (χ1) is 9.51. The van der Waals surface area contributed by atoms with Crippen LogP contribution in [0.25, 0.3) is 0 Å². The van der Waals surface area contributed by atoms with Crippen LogP contribution in [-0.4, -0.2) is 48.2 Å². The minimum atomic E-state index is -0.490. The number of carbonyl (C=O) groups excluding carboxylic acids is 2. The van der Waals surface area contributed by atoms with Crippen molar-refractivity contribution in [2.45, 2.75) is 12.5 Å². The zero-order valence-electron chi connectivity index (χ0n) is 10.9. The standard InChI is InChI=1S/C13H15IN2O4/c1-20-13(19)15-9-4-5-16(7-9)12(18)8-2-3-10(14)11(17)6-8/h2-3,6,9,17H,4-5,7H2,1H3,(H,15,19). The highest BCUT2D eigenvalue weighted by Crippen LogP contribution is 2.22. The van der Waals surface area contributed by atoms with Crippen LogP contribution in [-0.2, 0) is 4.74 Å². The molecule has 1 fully saturated rings. The molecule has 2 rings (SSSR count). The highest BCUT2D eigenvalue weighted by molar-refractivity contribution is 14.1. The number of hydrogen-bond acceptors (Lipinski definition) is 4. The van der Waals surface area contributed by atoms with Crippen LogP contribution in [0.5, 0.6) is 5.75 Å². The molecule has 0 radical (unpaired) electrons. The van der Waals surface area contributed by atoms with E-state index in [4.69, 9.17) is 0 Å². The van der Waals surface area contributed by atoms with E-state index in [9.17, 15) is 14.7 Å². The van der Waals surface area contributed by atoms with Gasteiger partial charge in [0.25, 0.3) is 5.91 Å². The van der Waals surface area contributed by atoms with Crippen LogP contribution >= 0.6 is 22.6 Å². The molecular formula is C13H15IN2O4. The van der Waals surface area contributed by atoms with E-state index in [1.165, 1.54) is 13.2 Å². The minimum Gasteiger partial charge on any atom is -0.507 e. The third-order valence-corrected chi connectivity index (χ3v) is 4.09. The number of alkyl carbamates (subject to hydrolysis) is 1. The normalized spacial score (nSPS) is 17.9. The van der Waals surface area contributed by atoms with Crippen molar-refractivity contribution in [1.29, 1.82) is 0 Å². The van der Waals surface area contributed by atoms with Gasteiger partial charge in [-0.15, -0.1) is 0 Å². The van der Waals surface area contributed by atoms with Crippen LogP contribution in [0.1, 0.15) is 16.8 Å². The highest BCUT2D eigenvalue weighted by atomic mass is 127. The zero-order valence-corrected chi connectivity index (χ0v) is 13.1. The van der Waals surface area contributed by atoms with Gasteiger partial charge in [-0.05, 0) is 47.2 Å². The summed E-state index contributed by atoms with van der Waals surface area (Å²) in [6.07, 6.45) is 0.202. The summed E-state index contributed by atoms with van der Waals surface area (Å²) in [4.78, 5) is 25.1. The van der Waals surface area contributed by atoms with E-state index in [1.807, 2.05) is 22.6 Å². The molecule has 1 saturated heterocycles. The molecule has 108 valence electrons. The maximum atomic E-state index is 12.3. The van der Waals surface area contributed by atoms with Crippen molar-refractivity contribution in [3.05, 3.63) is 27.3 Å². The van der Waals surface area contributed by atoms with Crippen LogP contribution in [0, 0.1) is 3.57 Å². The summed E-state index contributed by atoms with van der Waals surface area (Å²) in [5, 5.41) is 12.3. The van der Waals surface area contributed by atoms with Crippen LogP contribution in [0.4, 0.5) is 4.79 Å². The number of benzene rings is 1. The molecular weight excluding hydrogens is 375 g/mol. The van der Waals surface area contributed by atoms with Gasteiger partial charge in [0.1, 0.15) is 5.75 Å². The molecule has 6 nitrogen and oxygen atoms in total. The molecule has 1 aromatic rings.